The lowest BCUT2D eigenvalue weighted by atomic mass is 10.5. The predicted octanol–water partition coefficient (Wildman–Crippen LogP) is 2.82. The van der Waals surface area contributed by atoms with Crippen molar-refractivity contribution in [2.75, 3.05) is 5.33 Å². The first kappa shape index (κ1) is 10.00. The van der Waals surface area contributed by atoms with Gasteiger partial charge in [-0.3, -0.25) is 0 Å². The molecular weight excluding hydrogens is 204 g/mol. The van der Waals surface area contributed by atoms with E-state index in [4.69, 9.17) is 0 Å². The van der Waals surface area contributed by atoms with Gasteiger partial charge in [0, 0.05) is 5.33 Å². The van der Waals surface area contributed by atoms with Crippen molar-refractivity contribution in [2.24, 2.45) is 0 Å². The van der Waals surface area contributed by atoms with Crippen molar-refractivity contribution in [1.82, 2.24) is 0 Å². The molecule has 0 atom stereocenters. The smallest absolute Gasteiger partial charge is 0.127 e. The molecule has 0 heterocycles. The Morgan fingerprint density at radius 3 is 2.40 bits per heavy atom. The Hall–Kier alpha value is -0.00312. The summed E-state index contributed by atoms with van der Waals surface area (Å²) in [4.78, 5) is 0. The molecule has 0 saturated carbocycles. The first-order chi connectivity index (χ1) is 4.56. The van der Waals surface area contributed by atoms with Crippen molar-refractivity contribution in [3.63, 3.8) is 0 Å². The Kier molecular flexibility index (Phi) is 4.76. The topological polar surface area (TPSA) is 0 Å². The number of rotatable bonds is 1. The van der Waals surface area contributed by atoms with Gasteiger partial charge in [-0.05, 0) is 6.08 Å². The van der Waals surface area contributed by atoms with Crippen molar-refractivity contribution in [2.45, 2.75) is 19.6 Å². The van der Waals surface area contributed by atoms with Gasteiger partial charge in [0.15, 0.2) is 0 Å². The van der Waals surface area contributed by atoms with Crippen LogP contribution in [0.15, 0.2) is 12.2 Å². The van der Waals surface area contributed by atoms with Crippen molar-refractivity contribution >= 4 is 24.0 Å². The van der Waals surface area contributed by atoms with Gasteiger partial charge in [0.2, 0.25) is 0 Å². The second-order valence-corrected chi connectivity index (χ2v) is 8.47. The summed E-state index contributed by atoms with van der Waals surface area (Å²) in [7, 11) is -1.13. The minimum absolute atomic E-state index is 0.896. The normalized spacial score (nSPS) is 11.2. The molecule has 0 aromatic rings. The Morgan fingerprint density at radius 2 is 2.00 bits per heavy atom. The monoisotopic (exact) mass is 216 g/mol. The third-order valence-corrected chi connectivity index (χ3v) is 2.01. The van der Waals surface area contributed by atoms with Gasteiger partial charge in [-0.15, -0.1) is 5.54 Å². The van der Waals surface area contributed by atoms with E-state index < -0.39 is 8.07 Å². The van der Waals surface area contributed by atoms with E-state index in [2.05, 4.69) is 47.0 Å². The molecule has 0 fully saturated rings. The second kappa shape index (κ2) is 4.76. The Morgan fingerprint density at radius 1 is 1.40 bits per heavy atom. The molecule has 0 bridgehead atoms. The number of hydrogen-bond acceptors (Lipinski definition) is 0. The quantitative estimate of drug-likeness (QED) is 0.360. The van der Waals surface area contributed by atoms with E-state index in [1.54, 1.807) is 0 Å². The molecule has 10 heavy (non-hydrogen) atoms. The van der Waals surface area contributed by atoms with Crippen LogP contribution in [0.1, 0.15) is 0 Å². The maximum absolute atomic E-state index is 3.29. The SMILES string of the molecule is C[Si](C)(C)C#C/C=C/CBr. The van der Waals surface area contributed by atoms with Crippen LogP contribution in [-0.4, -0.2) is 13.4 Å². The third-order valence-electron chi connectivity index (χ3n) is 0.737. The van der Waals surface area contributed by atoms with E-state index in [-0.39, 0.29) is 0 Å². The van der Waals surface area contributed by atoms with Gasteiger partial charge in [-0.25, -0.2) is 0 Å². The van der Waals surface area contributed by atoms with Crippen LogP contribution < -0.4 is 0 Å². The molecule has 2 heteroatoms. The molecule has 0 radical (unpaired) electrons. The zero-order valence-electron chi connectivity index (χ0n) is 6.74. The fourth-order valence-corrected chi connectivity index (χ4v) is 1.06. The number of hydrogen-bond donors (Lipinski definition) is 0. The van der Waals surface area contributed by atoms with Gasteiger partial charge < -0.3 is 0 Å². The largest absolute Gasteiger partial charge is 0.129 e. The minimum atomic E-state index is -1.13. The fraction of sp³-hybridized carbons (Fsp3) is 0.500. The molecule has 0 aromatic heterocycles. The number of alkyl halides is 1. The molecule has 56 valence electrons. The summed E-state index contributed by atoms with van der Waals surface area (Å²) in [5, 5.41) is 0.896. The zero-order valence-corrected chi connectivity index (χ0v) is 9.33. The summed E-state index contributed by atoms with van der Waals surface area (Å²) in [5.74, 6) is 3.03. The summed E-state index contributed by atoms with van der Waals surface area (Å²) in [5.41, 5.74) is 3.24. The summed E-state index contributed by atoms with van der Waals surface area (Å²) in [6, 6.07) is 0. The molecule has 0 unspecified atom stereocenters. The number of halogens is 1. The van der Waals surface area contributed by atoms with Gasteiger partial charge in [-0.2, -0.15) is 0 Å². The molecule has 0 rings (SSSR count). The van der Waals surface area contributed by atoms with E-state index in [9.17, 15) is 0 Å². The van der Waals surface area contributed by atoms with E-state index in [0.29, 0.717) is 0 Å². The summed E-state index contributed by atoms with van der Waals surface area (Å²) >= 11 is 3.29. The van der Waals surface area contributed by atoms with E-state index in [1.165, 1.54) is 0 Å². The second-order valence-electron chi connectivity index (χ2n) is 3.08. The van der Waals surface area contributed by atoms with E-state index in [0.717, 1.165) is 5.33 Å². The summed E-state index contributed by atoms with van der Waals surface area (Å²) in [6.45, 7) is 6.71. The highest BCUT2D eigenvalue weighted by atomic mass is 79.9. The van der Waals surface area contributed by atoms with E-state index in [1.807, 2.05) is 12.2 Å². The van der Waals surface area contributed by atoms with Crippen LogP contribution in [-0.2, 0) is 0 Å². The minimum Gasteiger partial charge on any atom is -0.127 e. The average molecular weight is 217 g/mol. The van der Waals surface area contributed by atoms with Crippen molar-refractivity contribution in [1.29, 1.82) is 0 Å². The van der Waals surface area contributed by atoms with Crippen molar-refractivity contribution < 1.29 is 0 Å². The van der Waals surface area contributed by atoms with Crippen LogP contribution in [0.2, 0.25) is 19.6 Å². The highest BCUT2D eigenvalue weighted by molar-refractivity contribution is 9.09. The maximum atomic E-state index is 3.29. The van der Waals surface area contributed by atoms with Gasteiger partial charge >= 0.3 is 0 Å². The Bertz CT molecular complexity index is 166. The first-order valence-electron chi connectivity index (χ1n) is 3.30. The van der Waals surface area contributed by atoms with Crippen LogP contribution in [0.5, 0.6) is 0 Å². The van der Waals surface area contributed by atoms with Crippen LogP contribution in [0.4, 0.5) is 0 Å². The summed E-state index contributed by atoms with van der Waals surface area (Å²) in [6.07, 6.45) is 3.92. The fourth-order valence-electron chi connectivity index (χ4n) is 0.362. The molecule has 0 nitrogen and oxygen atoms in total. The van der Waals surface area contributed by atoms with Crippen molar-refractivity contribution in [3.05, 3.63) is 12.2 Å². The lowest BCUT2D eigenvalue weighted by Gasteiger charge is -2.01. The molecule has 0 spiro atoms. The lowest BCUT2D eigenvalue weighted by molar-refractivity contribution is 1.80. The lowest BCUT2D eigenvalue weighted by Crippen LogP contribution is -2.16. The molecule has 0 amide bonds. The molecule has 0 saturated heterocycles. The van der Waals surface area contributed by atoms with Gasteiger partial charge in [0.25, 0.3) is 0 Å². The highest BCUT2D eigenvalue weighted by Crippen LogP contribution is 1.95. The van der Waals surface area contributed by atoms with Crippen LogP contribution in [0.3, 0.4) is 0 Å². The van der Waals surface area contributed by atoms with Crippen LogP contribution >= 0.6 is 15.9 Å². The Balaban J connectivity index is 3.81. The predicted molar refractivity (Wildman–Crippen MR) is 54.1 cm³/mol. The average Bonchev–Trinajstić information content (AvgIpc) is 1.78. The van der Waals surface area contributed by atoms with Crippen LogP contribution in [0, 0.1) is 11.5 Å². The molecular formula is C8H13BrSi. The standard InChI is InChI=1S/C8H13BrSi/c1-10(2,3)8-6-4-5-7-9/h4-5H,7H2,1-3H3/b5-4+. The van der Waals surface area contributed by atoms with Gasteiger partial charge in [0.05, 0.1) is 0 Å². The highest BCUT2D eigenvalue weighted by Gasteiger charge is 2.06. The molecule has 0 aliphatic heterocycles. The van der Waals surface area contributed by atoms with Crippen LogP contribution in [0.25, 0.3) is 0 Å². The maximum Gasteiger partial charge on any atom is 0.129 e. The van der Waals surface area contributed by atoms with Crippen molar-refractivity contribution in [3.8, 4) is 11.5 Å². The molecule has 0 aliphatic carbocycles. The van der Waals surface area contributed by atoms with Gasteiger partial charge in [-0.1, -0.05) is 47.6 Å². The number of allylic oxidation sites excluding steroid dienone is 2. The molecule has 0 aromatic carbocycles. The van der Waals surface area contributed by atoms with E-state index >= 15 is 0 Å². The molecule has 0 aliphatic rings. The first-order valence-corrected chi connectivity index (χ1v) is 7.92. The summed E-state index contributed by atoms with van der Waals surface area (Å²) < 4.78 is 0. The zero-order chi connectivity index (χ0) is 8.04. The van der Waals surface area contributed by atoms with Gasteiger partial charge in [0.1, 0.15) is 8.07 Å². The molecule has 0 N–H and O–H groups in total. The third kappa shape index (κ3) is 8.00. The Labute approximate surface area is 72.9 Å².